The highest BCUT2D eigenvalue weighted by molar-refractivity contribution is 5.42. The Bertz CT molecular complexity index is 332. The second-order valence-electron chi connectivity index (χ2n) is 3.10. The summed E-state index contributed by atoms with van der Waals surface area (Å²) in [7, 11) is 0. The number of hydrogen-bond donors (Lipinski definition) is 2. The zero-order chi connectivity index (χ0) is 10.4. The average molecular weight is 191 g/mol. The maximum atomic E-state index is 8.70. The summed E-state index contributed by atoms with van der Waals surface area (Å²) in [5.41, 5.74) is 0.582. The van der Waals surface area contributed by atoms with Gasteiger partial charge in [0.2, 0.25) is 0 Å². The van der Waals surface area contributed by atoms with Crippen LogP contribution in [0, 0.1) is 11.3 Å². The van der Waals surface area contributed by atoms with E-state index in [-0.39, 0.29) is 12.6 Å². The standard InChI is InChI=1S/C10H13N3O/c1-8(3-5-14)13-10-6-9(7-11)2-4-12-10/h2,4,6,8,14H,3,5H2,1H3,(H,12,13). The fourth-order valence-electron chi connectivity index (χ4n) is 1.10. The number of aliphatic hydroxyl groups is 1. The first-order valence-electron chi connectivity index (χ1n) is 4.50. The predicted molar refractivity (Wildman–Crippen MR) is 53.7 cm³/mol. The molecule has 74 valence electrons. The van der Waals surface area contributed by atoms with E-state index >= 15 is 0 Å². The molecule has 14 heavy (non-hydrogen) atoms. The first-order valence-corrected chi connectivity index (χ1v) is 4.50. The van der Waals surface area contributed by atoms with Gasteiger partial charge in [0.15, 0.2) is 0 Å². The molecule has 0 amide bonds. The first-order chi connectivity index (χ1) is 6.76. The van der Waals surface area contributed by atoms with Crippen molar-refractivity contribution in [3.63, 3.8) is 0 Å². The molecule has 0 fully saturated rings. The molecule has 1 rings (SSSR count). The van der Waals surface area contributed by atoms with Crippen molar-refractivity contribution in [1.29, 1.82) is 5.26 Å². The zero-order valence-electron chi connectivity index (χ0n) is 8.07. The van der Waals surface area contributed by atoms with Gasteiger partial charge >= 0.3 is 0 Å². The molecule has 0 radical (unpaired) electrons. The van der Waals surface area contributed by atoms with E-state index in [0.717, 1.165) is 0 Å². The normalized spacial score (nSPS) is 11.8. The Hall–Kier alpha value is -1.60. The van der Waals surface area contributed by atoms with E-state index in [0.29, 0.717) is 17.8 Å². The molecule has 0 saturated carbocycles. The topological polar surface area (TPSA) is 68.9 Å². The van der Waals surface area contributed by atoms with Crippen molar-refractivity contribution in [1.82, 2.24) is 4.98 Å². The van der Waals surface area contributed by atoms with Gasteiger partial charge in [-0.15, -0.1) is 0 Å². The zero-order valence-corrected chi connectivity index (χ0v) is 8.07. The minimum atomic E-state index is 0.145. The summed E-state index contributed by atoms with van der Waals surface area (Å²) in [5, 5.41) is 20.5. The van der Waals surface area contributed by atoms with Crippen LogP contribution in [0.5, 0.6) is 0 Å². The van der Waals surface area contributed by atoms with Crippen molar-refractivity contribution in [3.8, 4) is 6.07 Å². The Balaban J connectivity index is 2.63. The Morgan fingerprint density at radius 1 is 1.71 bits per heavy atom. The summed E-state index contributed by atoms with van der Waals surface area (Å²) in [6, 6.07) is 5.54. The molecule has 4 heteroatoms. The smallest absolute Gasteiger partial charge is 0.127 e. The molecule has 1 unspecified atom stereocenters. The van der Waals surface area contributed by atoms with Gasteiger partial charge in [-0.25, -0.2) is 4.98 Å². The van der Waals surface area contributed by atoms with Crippen LogP contribution >= 0.6 is 0 Å². The van der Waals surface area contributed by atoms with Crippen molar-refractivity contribution in [2.45, 2.75) is 19.4 Å². The van der Waals surface area contributed by atoms with Gasteiger partial charge in [-0.1, -0.05) is 0 Å². The molecule has 0 aliphatic heterocycles. The molecule has 1 aromatic rings. The van der Waals surface area contributed by atoms with Crippen LogP contribution in [0.15, 0.2) is 18.3 Å². The lowest BCUT2D eigenvalue weighted by Gasteiger charge is -2.12. The van der Waals surface area contributed by atoms with Crippen LogP contribution in [-0.2, 0) is 0 Å². The van der Waals surface area contributed by atoms with E-state index in [1.807, 2.05) is 13.0 Å². The van der Waals surface area contributed by atoms with Crippen molar-refractivity contribution in [2.75, 3.05) is 11.9 Å². The number of nitrogens with zero attached hydrogens (tertiary/aromatic N) is 2. The summed E-state index contributed by atoms with van der Waals surface area (Å²) in [6.45, 7) is 2.10. The monoisotopic (exact) mass is 191 g/mol. The molecular formula is C10H13N3O. The third-order valence-electron chi connectivity index (χ3n) is 1.85. The Morgan fingerprint density at radius 3 is 3.14 bits per heavy atom. The van der Waals surface area contributed by atoms with Crippen LogP contribution in [-0.4, -0.2) is 22.7 Å². The second-order valence-corrected chi connectivity index (χ2v) is 3.10. The van der Waals surface area contributed by atoms with Crippen LogP contribution in [0.3, 0.4) is 0 Å². The average Bonchev–Trinajstić information content (AvgIpc) is 2.18. The van der Waals surface area contributed by atoms with Crippen LogP contribution in [0.1, 0.15) is 18.9 Å². The van der Waals surface area contributed by atoms with Crippen LogP contribution < -0.4 is 5.32 Å². The molecule has 1 atom stereocenters. The van der Waals surface area contributed by atoms with Crippen LogP contribution in [0.25, 0.3) is 0 Å². The van der Waals surface area contributed by atoms with E-state index < -0.39 is 0 Å². The van der Waals surface area contributed by atoms with Crippen LogP contribution in [0.2, 0.25) is 0 Å². The fraction of sp³-hybridized carbons (Fsp3) is 0.400. The summed E-state index contributed by atoms with van der Waals surface area (Å²) in [5.74, 6) is 0.671. The van der Waals surface area contributed by atoms with Crippen LogP contribution in [0.4, 0.5) is 5.82 Å². The maximum Gasteiger partial charge on any atom is 0.127 e. The molecule has 0 aliphatic rings. The molecule has 0 aromatic carbocycles. The lowest BCUT2D eigenvalue weighted by Crippen LogP contribution is -2.17. The molecule has 0 saturated heterocycles. The number of aliphatic hydroxyl groups excluding tert-OH is 1. The maximum absolute atomic E-state index is 8.70. The molecule has 0 aliphatic carbocycles. The van der Waals surface area contributed by atoms with Gasteiger partial charge in [0.1, 0.15) is 5.82 Å². The number of nitriles is 1. The number of aromatic nitrogens is 1. The van der Waals surface area contributed by atoms with Gasteiger partial charge in [-0.2, -0.15) is 5.26 Å². The van der Waals surface area contributed by atoms with E-state index in [1.54, 1.807) is 18.3 Å². The number of anilines is 1. The Kier molecular flexibility index (Phi) is 3.89. The highest BCUT2D eigenvalue weighted by atomic mass is 16.3. The van der Waals surface area contributed by atoms with E-state index in [1.165, 1.54) is 0 Å². The van der Waals surface area contributed by atoms with Gasteiger partial charge in [0.25, 0.3) is 0 Å². The van der Waals surface area contributed by atoms with Crippen molar-refractivity contribution < 1.29 is 5.11 Å². The molecule has 0 bridgehead atoms. The first kappa shape index (κ1) is 10.5. The van der Waals surface area contributed by atoms with Gasteiger partial charge < -0.3 is 10.4 Å². The molecule has 1 heterocycles. The van der Waals surface area contributed by atoms with E-state index in [9.17, 15) is 0 Å². The quantitative estimate of drug-likeness (QED) is 0.748. The number of hydrogen-bond acceptors (Lipinski definition) is 4. The highest BCUT2D eigenvalue weighted by Gasteiger charge is 2.02. The van der Waals surface area contributed by atoms with Crippen molar-refractivity contribution in [3.05, 3.63) is 23.9 Å². The fourth-order valence-corrected chi connectivity index (χ4v) is 1.10. The third-order valence-corrected chi connectivity index (χ3v) is 1.85. The molecule has 2 N–H and O–H groups in total. The highest BCUT2D eigenvalue weighted by Crippen LogP contribution is 2.07. The van der Waals surface area contributed by atoms with E-state index in [2.05, 4.69) is 10.3 Å². The lowest BCUT2D eigenvalue weighted by molar-refractivity contribution is 0.282. The van der Waals surface area contributed by atoms with Crippen molar-refractivity contribution in [2.24, 2.45) is 0 Å². The molecular weight excluding hydrogens is 178 g/mol. The molecule has 1 aromatic heterocycles. The largest absolute Gasteiger partial charge is 0.396 e. The second kappa shape index (κ2) is 5.20. The van der Waals surface area contributed by atoms with Crippen molar-refractivity contribution >= 4 is 5.82 Å². The summed E-state index contributed by atoms with van der Waals surface area (Å²) in [4.78, 5) is 4.07. The summed E-state index contributed by atoms with van der Waals surface area (Å²) < 4.78 is 0. The van der Waals surface area contributed by atoms with E-state index in [4.69, 9.17) is 10.4 Å². The van der Waals surface area contributed by atoms with Gasteiger partial charge in [0.05, 0.1) is 11.6 Å². The number of nitrogens with one attached hydrogen (secondary N) is 1. The minimum Gasteiger partial charge on any atom is -0.396 e. The van der Waals surface area contributed by atoms with Gasteiger partial charge in [-0.3, -0.25) is 0 Å². The third kappa shape index (κ3) is 3.04. The summed E-state index contributed by atoms with van der Waals surface area (Å²) >= 11 is 0. The Morgan fingerprint density at radius 2 is 2.50 bits per heavy atom. The number of pyridine rings is 1. The molecule has 0 spiro atoms. The van der Waals surface area contributed by atoms with Gasteiger partial charge in [0, 0.05) is 18.8 Å². The Labute approximate surface area is 83.2 Å². The lowest BCUT2D eigenvalue weighted by atomic mass is 10.2. The molecule has 4 nitrogen and oxygen atoms in total. The minimum absolute atomic E-state index is 0.145. The number of rotatable bonds is 4. The predicted octanol–water partition coefficient (Wildman–Crippen LogP) is 1.14. The summed E-state index contributed by atoms with van der Waals surface area (Å²) in [6.07, 6.45) is 2.25. The SMILES string of the molecule is CC(CCO)Nc1cc(C#N)ccn1. The van der Waals surface area contributed by atoms with Gasteiger partial charge in [-0.05, 0) is 25.5 Å².